The Morgan fingerprint density at radius 3 is 2.21 bits per heavy atom. The molecule has 1 aliphatic rings. The fraction of sp³-hybridized carbons (Fsp3) is 0.609. The van der Waals surface area contributed by atoms with Crippen molar-refractivity contribution in [2.45, 2.75) is 77.6 Å². The molecule has 24 heavy (non-hydrogen) atoms. The Bertz CT molecular complexity index is 512. The lowest BCUT2D eigenvalue weighted by Gasteiger charge is -2.28. The first-order valence-corrected chi connectivity index (χ1v) is 9.94. The Kier molecular flexibility index (Phi) is 8.67. The summed E-state index contributed by atoms with van der Waals surface area (Å²) in [4.78, 5) is 0. The third-order valence-corrected chi connectivity index (χ3v) is 5.66. The van der Waals surface area contributed by atoms with E-state index in [4.69, 9.17) is 5.26 Å². The maximum Gasteiger partial charge on any atom is 0.0908 e. The molecule has 1 aromatic carbocycles. The van der Waals surface area contributed by atoms with Crippen LogP contribution in [0.3, 0.4) is 0 Å². The lowest BCUT2D eigenvalue weighted by atomic mass is 9.78. The topological polar surface area (TPSA) is 23.8 Å². The quantitative estimate of drug-likeness (QED) is 0.369. The molecule has 0 spiro atoms. The summed E-state index contributed by atoms with van der Waals surface area (Å²) < 4.78 is 0. The number of nitrogens with zero attached hydrogens (tertiary/aromatic N) is 1. The molecule has 0 unspecified atom stereocenters. The van der Waals surface area contributed by atoms with Gasteiger partial charge in [-0.05, 0) is 55.1 Å². The van der Waals surface area contributed by atoms with Crippen LogP contribution in [0, 0.1) is 23.2 Å². The standard InChI is InChI=1S/C23H33N/c1-2-20-11-13-22(14-12-20)9-5-6-10-23-17-15-21(16-18-23)8-4-3-7-19-24/h3,7,11-14,21,23H,2,4-6,8-10,15-18H2,1H3/t21-,23-. The average Bonchev–Trinajstić information content (AvgIpc) is 2.64. The highest BCUT2D eigenvalue weighted by Crippen LogP contribution is 2.34. The number of allylic oxidation sites excluding steroid dienone is 2. The molecule has 0 amide bonds. The van der Waals surface area contributed by atoms with Crippen LogP contribution in [-0.2, 0) is 12.8 Å². The fourth-order valence-electron chi connectivity index (χ4n) is 3.98. The molecular formula is C23H33N. The molecule has 0 atom stereocenters. The SMILES string of the molecule is CCc1ccc(CCCC[C@H]2CC[C@H](CCC=CC#N)CC2)cc1. The molecule has 0 aliphatic heterocycles. The van der Waals surface area contributed by atoms with E-state index in [1.165, 1.54) is 68.9 Å². The van der Waals surface area contributed by atoms with Gasteiger partial charge in [-0.1, -0.05) is 75.8 Å². The molecule has 1 aromatic rings. The van der Waals surface area contributed by atoms with Gasteiger partial charge >= 0.3 is 0 Å². The van der Waals surface area contributed by atoms with Crippen LogP contribution in [0.15, 0.2) is 36.4 Å². The lowest BCUT2D eigenvalue weighted by Crippen LogP contribution is -2.14. The summed E-state index contributed by atoms with van der Waals surface area (Å²) in [6, 6.07) is 11.3. The highest BCUT2D eigenvalue weighted by atomic mass is 14.3. The maximum atomic E-state index is 8.50. The van der Waals surface area contributed by atoms with Gasteiger partial charge in [0.1, 0.15) is 0 Å². The van der Waals surface area contributed by atoms with Crippen molar-refractivity contribution < 1.29 is 0 Å². The van der Waals surface area contributed by atoms with Crippen molar-refractivity contribution in [2.24, 2.45) is 11.8 Å². The van der Waals surface area contributed by atoms with E-state index in [9.17, 15) is 0 Å². The first kappa shape index (κ1) is 18.8. The molecule has 2 rings (SSSR count). The van der Waals surface area contributed by atoms with Gasteiger partial charge in [0, 0.05) is 6.08 Å². The van der Waals surface area contributed by atoms with Crippen LogP contribution >= 0.6 is 0 Å². The van der Waals surface area contributed by atoms with Crippen molar-refractivity contribution in [3.8, 4) is 6.07 Å². The number of nitriles is 1. The molecule has 1 aliphatic carbocycles. The normalized spacial score (nSPS) is 21.0. The molecule has 130 valence electrons. The van der Waals surface area contributed by atoms with E-state index < -0.39 is 0 Å². The molecule has 1 saturated carbocycles. The molecule has 0 saturated heterocycles. The highest BCUT2D eigenvalue weighted by Gasteiger charge is 2.20. The van der Waals surface area contributed by atoms with Crippen molar-refractivity contribution >= 4 is 0 Å². The monoisotopic (exact) mass is 323 g/mol. The summed E-state index contributed by atoms with van der Waals surface area (Å²) in [7, 11) is 0. The molecule has 1 nitrogen and oxygen atoms in total. The number of hydrogen-bond donors (Lipinski definition) is 0. The molecule has 0 N–H and O–H groups in total. The van der Waals surface area contributed by atoms with E-state index in [1.54, 1.807) is 6.08 Å². The average molecular weight is 324 g/mol. The van der Waals surface area contributed by atoms with Crippen molar-refractivity contribution in [3.05, 3.63) is 47.5 Å². The van der Waals surface area contributed by atoms with Crippen LogP contribution in [0.4, 0.5) is 0 Å². The van der Waals surface area contributed by atoms with Gasteiger partial charge in [0.2, 0.25) is 0 Å². The predicted molar refractivity (Wildman–Crippen MR) is 103 cm³/mol. The number of aryl methyl sites for hydroxylation is 2. The van der Waals surface area contributed by atoms with E-state index in [1.807, 2.05) is 6.08 Å². The summed E-state index contributed by atoms with van der Waals surface area (Å²) >= 11 is 0. The van der Waals surface area contributed by atoms with Crippen molar-refractivity contribution in [2.75, 3.05) is 0 Å². The Morgan fingerprint density at radius 2 is 1.58 bits per heavy atom. The van der Waals surface area contributed by atoms with E-state index in [0.29, 0.717) is 0 Å². The second-order valence-corrected chi connectivity index (χ2v) is 7.41. The van der Waals surface area contributed by atoms with Crippen LogP contribution in [0.1, 0.15) is 75.8 Å². The van der Waals surface area contributed by atoms with Crippen molar-refractivity contribution in [1.82, 2.24) is 0 Å². The minimum absolute atomic E-state index is 0.904. The number of rotatable bonds is 9. The lowest BCUT2D eigenvalue weighted by molar-refractivity contribution is 0.250. The minimum atomic E-state index is 0.904. The zero-order valence-corrected chi connectivity index (χ0v) is 15.3. The Hall–Kier alpha value is -1.55. The molecule has 0 bridgehead atoms. The summed E-state index contributed by atoms with van der Waals surface area (Å²) in [6.45, 7) is 2.22. The zero-order valence-electron chi connectivity index (χ0n) is 15.3. The molecule has 0 heterocycles. The molecule has 1 heteroatoms. The molecule has 0 aromatic heterocycles. The van der Waals surface area contributed by atoms with Gasteiger partial charge in [0.05, 0.1) is 6.07 Å². The number of benzene rings is 1. The summed E-state index contributed by atoms with van der Waals surface area (Å²) in [5, 5.41) is 8.50. The number of unbranched alkanes of at least 4 members (excludes halogenated alkanes) is 1. The maximum absolute atomic E-state index is 8.50. The second kappa shape index (κ2) is 11.1. The van der Waals surface area contributed by atoms with Gasteiger partial charge in [-0.2, -0.15) is 5.26 Å². The summed E-state index contributed by atoms with van der Waals surface area (Å²) in [5.74, 6) is 1.88. The zero-order chi connectivity index (χ0) is 17.0. The third-order valence-electron chi connectivity index (χ3n) is 5.66. The highest BCUT2D eigenvalue weighted by molar-refractivity contribution is 5.22. The van der Waals surface area contributed by atoms with Crippen LogP contribution < -0.4 is 0 Å². The summed E-state index contributed by atoms with van der Waals surface area (Å²) in [5.41, 5.74) is 2.94. The van der Waals surface area contributed by atoms with Crippen LogP contribution in [0.2, 0.25) is 0 Å². The fourth-order valence-corrected chi connectivity index (χ4v) is 3.98. The number of hydrogen-bond acceptors (Lipinski definition) is 1. The van der Waals surface area contributed by atoms with Gasteiger partial charge in [-0.3, -0.25) is 0 Å². The first-order valence-electron chi connectivity index (χ1n) is 9.94. The van der Waals surface area contributed by atoms with Gasteiger partial charge < -0.3 is 0 Å². The van der Waals surface area contributed by atoms with Crippen LogP contribution in [0.25, 0.3) is 0 Å². The van der Waals surface area contributed by atoms with Crippen LogP contribution in [0.5, 0.6) is 0 Å². The smallest absolute Gasteiger partial charge is 0.0908 e. The van der Waals surface area contributed by atoms with Crippen molar-refractivity contribution in [3.63, 3.8) is 0 Å². The Morgan fingerprint density at radius 1 is 0.958 bits per heavy atom. The summed E-state index contributed by atoms with van der Waals surface area (Å²) in [6.07, 6.45) is 18.2. The molecule has 0 radical (unpaired) electrons. The minimum Gasteiger partial charge on any atom is -0.193 e. The van der Waals surface area contributed by atoms with E-state index >= 15 is 0 Å². The first-order chi connectivity index (χ1) is 11.8. The predicted octanol–water partition coefficient (Wildman–Crippen LogP) is 6.63. The van der Waals surface area contributed by atoms with E-state index in [2.05, 4.69) is 37.3 Å². The van der Waals surface area contributed by atoms with E-state index in [-0.39, 0.29) is 0 Å². The van der Waals surface area contributed by atoms with Gasteiger partial charge in [-0.15, -0.1) is 0 Å². The second-order valence-electron chi connectivity index (χ2n) is 7.41. The third kappa shape index (κ3) is 6.91. The Labute approximate surface area is 148 Å². The molecular weight excluding hydrogens is 290 g/mol. The van der Waals surface area contributed by atoms with E-state index in [0.717, 1.165) is 24.7 Å². The van der Waals surface area contributed by atoms with Gasteiger partial charge in [0.25, 0.3) is 0 Å². The Balaban J connectivity index is 1.54. The molecule has 1 fully saturated rings. The van der Waals surface area contributed by atoms with Gasteiger partial charge in [-0.25, -0.2) is 0 Å². The van der Waals surface area contributed by atoms with Crippen LogP contribution in [-0.4, -0.2) is 0 Å². The largest absolute Gasteiger partial charge is 0.193 e. The van der Waals surface area contributed by atoms with Gasteiger partial charge in [0.15, 0.2) is 0 Å². The van der Waals surface area contributed by atoms with Crippen molar-refractivity contribution in [1.29, 1.82) is 5.26 Å².